The summed E-state index contributed by atoms with van der Waals surface area (Å²) in [4.78, 5) is 24.1. The Morgan fingerprint density at radius 3 is 2.06 bits per heavy atom. The van der Waals surface area contributed by atoms with Gasteiger partial charge >= 0.3 is 5.97 Å². The molecule has 0 aromatic rings. The number of hydrogen-bond donors (Lipinski definition) is 1. The van der Waals surface area contributed by atoms with E-state index >= 15 is 0 Å². The molecule has 0 amide bonds. The number of nitrogens with zero attached hydrogens (tertiary/aromatic N) is 1. The minimum atomic E-state index is -0.785. The molecule has 6 nitrogen and oxygen atoms in total. The molecule has 0 unspecified atom stereocenters. The maximum atomic E-state index is 10.2. The summed E-state index contributed by atoms with van der Waals surface area (Å²) in [6.45, 7) is 4.15. The number of unbranched alkanes of at least 4 members (excludes halogenated alkanes) is 5. The number of carboxylic acids is 1. The van der Waals surface area contributed by atoms with Crippen LogP contribution in [0.5, 0.6) is 0 Å². The van der Waals surface area contributed by atoms with Gasteiger partial charge in [0.05, 0.1) is 6.61 Å². The van der Waals surface area contributed by atoms with Crippen molar-refractivity contribution in [3.63, 3.8) is 0 Å². The van der Waals surface area contributed by atoms with E-state index in [2.05, 4.69) is 4.84 Å². The van der Waals surface area contributed by atoms with Gasteiger partial charge in [0.2, 0.25) is 0 Å². The summed E-state index contributed by atoms with van der Waals surface area (Å²) in [7, 11) is 0. The topological polar surface area (TPSA) is 89.7 Å². The van der Waals surface area contributed by atoms with Gasteiger partial charge in [0, 0.05) is 6.42 Å². The van der Waals surface area contributed by atoms with Crippen molar-refractivity contribution in [2.75, 3.05) is 6.61 Å². The Bertz CT molecular complexity index is 176. The van der Waals surface area contributed by atoms with E-state index in [1.54, 1.807) is 0 Å². The SMILES string of the molecule is CC.O=C(O)CCCCCCCCO[N+](=O)[O-]. The summed E-state index contributed by atoms with van der Waals surface area (Å²) in [6, 6.07) is 0. The molecule has 0 rings (SSSR count). The Morgan fingerprint density at radius 2 is 1.59 bits per heavy atom. The van der Waals surface area contributed by atoms with E-state index in [1.165, 1.54) is 0 Å². The molecule has 0 aliphatic heterocycles. The Hall–Kier alpha value is -1.33. The lowest BCUT2D eigenvalue weighted by molar-refractivity contribution is -0.757. The molecule has 17 heavy (non-hydrogen) atoms. The fourth-order valence-electron chi connectivity index (χ4n) is 1.22. The first-order valence-corrected chi connectivity index (χ1v) is 6.12. The molecule has 0 aromatic heterocycles. The summed E-state index contributed by atoms with van der Waals surface area (Å²) in [6.07, 6.45) is 5.36. The van der Waals surface area contributed by atoms with Crippen LogP contribution in [0.4, 0.5) is 0 Å². The number of hydrogen-bond acceptors (Lipinski definition) is 4. The molecule has 0 spiro atoms. The van der Waals surface area contributed by atoms with Crippen LogP contribution in [0, 0.1) is 10.1 Å². The lowest BCUT2D eigenvalue weighted by Gasteiger charge is -2.00. The second-order valence-electron chi connectivity index (χ2n) is 3.32. The standard InChI is InChI=1S/C9H17NO5.C2H6/c11-9(12)7-5-3-1-2-4-6-8-15-10(13)14;1-2/h1-8H2,(H,11,12);1-2H3. The molecular formula is C11H23NO5. The summed E-state index contributed by atoms with van der Waals surface area (Å²) < 4.78 is 0. The lowest BCUT2D eigenvalue weighted by atomic mass is 10.1. The highest BCUT2D eigenvalue weighted by Crippen LogP contribution is 2.07. The summed E-state index contributed by atoms with van der Waals surface area (Å²) in [5, 5.41) is 17.3. The zero-order valence-electron chi connectivity index (χ0n) is 10.7. The first-order chi connectivity index (χ1) is 8.13. The van der Waals surface area contributed by atoms with Crippen molar-refractivity contribution in [1.29, 1.82) is 0 Å². The van der Waals surface area contributed by atoms with Gasteiger partial charge in [0.15, 0.2) is 0 Å². The molecule has 0 atom stereocenters. The highest BCUT2D eigenvalue weighted by Gasteiger charge is 1.97. The van der Waals surface area contributed by atoms with Gasteiger partial charge in [-0.2, -0.15) is 0 Å². The zero-order chi connectivity index (χ0) is 13.5. The van der Waals surface area contributed by atoms with Gasteiger partial charge in [-0.25, -0.2) is 0 Å². The quantitative estimate of drug-likeness (QED) is 0.365. The van der Waals surface area contributed by atoms with Crippen molar-refractivity contribution in [2.45, 2.75) is 58.8 Å². The van der Waals surface area contributed by atoms with Gasteiger partial charge < -0.3 is 9.94 Å². The third-order valence-corrected chi connectivity index (χ3v) is 1.98. The highest BCUT2D eigenvalue weighted by molar-refractivity contribution is 5.66. The van der Waals surface area contributed by atoms with Crippen LogP contribution in [0.2, 0.25) is 0 Å². The van der Waals surface area contributed by atoms with E-state index in [0.717, 1.165) is 25.7 Å². The van der Waals surface area contributed by atoms with Gasteiger partial charge in [0.25, 0.3) is 5.09 Å². The molecule has 102 valence electrons. The van der Waals surface area contributed by atoms with Crippen molar-refractivity contribution in [3.05, 3.63) is 10.1 Å². The second kappa shape index (κ2) is 14.7. The fraction of sp³-hybridized carbons (Fsp3) is 0.909. The van der Waals surface area contributed by atoms with Crippen molar-refractivity contribution in [3.8, 4) is 0 Å². The van der Waals surface area contributed by atoms with Crippen molar-refractivity contribution in [1.82, 2.24) is 0 Å². The van der Waals surface area contributed by atoms with Crippen molar-refractivity contribution < 1.29 is 19.8 Å². The normalized spacial score (nSPS) is 9.06. The third-order valence-electron chi connectivity index (χ3n) is 1.98. The maximum absolute atomic E-state index is 10.2. The molecule has 0 saturated carbocycles. The number of aliphatic carboxylic acids is 1. The Labute approximate surface area is 102 Å². The van der Waals surface area contributed by atoms with Gasteiger partial charge in [-0.3, -0.25) is 4.79 Å². The molecule has 0 bridgehead atoms. The van der Waals surface area contributed by atoms with Gasteiger partial charge in [-0.1, -0.05) is 39.5 Å². The Morgan fingerprint density at radius 1 is 1.12 bits per heavy atom. The molecule has 1 N–H and O–H groups in total. The van der Waals surface area contributed by atoms with Crippen LogP contribution in [-0.2, 0) is 9.63 Å². The first-order valence-electron chi connectivity index (χ1n) is 6.12. The van der Waals surface area contributed by atoms with E-state index < -0.39 is 11.1 Å². The maximum Gasteiger partial charge on any atom is 0.303 e. The molecule has 0 radical (unpaired) electrons. The largest absolute Gasteiger partial charge is 0.481 e. The third kappa shape index (κ3) is 20.7. The molecule has 0 saturated heterocycles. The summed E-state index contributed by atoms with van der Waals surface area (Å²) in [5.41, 5.74) is 0. The average molecular weight is 249 g/mol. The van der Waals surface area contributed by atoms with Crippen LogP contribution in [0.25, 0.3) is 0 Å². The van der Waals surface area contributed by atoms with Gasteiger partial charge in [0.1, 0.15) is 0 Å². The molecule has 0 fully saturated rings. The predicted octanol–water partition coefficient (Wildman–Crippen LogP) is 3.04. The molecule has 0 aliphatic carbocycles. The minimum Gasteiger partial charge on any atom is -0.481 e. The molecule has 0 aliphatic rings. The van der Waals surface area contributed by atoms with Crippen LogP contribution in [0.1, 0.15) is 58.8 Å². The monoisotopic (exact) mass is 249 g/mol. The van der Waals surface area contributed by atoms with E-state index in [1.807, 2.05) is 13.8 Å². The van der Waals surface area contributed by atoms with Crippen LogP contribution >= 0.6 is 0 Å². The highest BCUT2D eigenvalue weighted by atomic mass is 16.9. The van der Waals surface area contributed by atoms with Crippen LogP contribution in [0.15, 0.2) is 0 Å². The second-order valence-corrected chi connectivity index (χ2v) is 3.32. The number of carboxylic acid groups (broad SMARTS) is 1. The predicted molar refractivity (Wildman–Crippen MR) is 64.2 cm³/mol. The molecule has 6 heteroatoms. The molecule has 0 aromatic carbocycles. The summed E-state index contributed by atoms with van der Waals surface area (Å²) >= 11 is 0. The molecule has 0 heterocycles. The van der Waals surface area contributed by atoms with Crippen LogP contribution < -0.4 is 0 Å². The van der Waals surface area contributed by atoms with E-state index in [4.69, 9.17) is 5.11 Å². The Kier molecular flexibility index (Phi) is 15.6. The van der Waals surface area contributed by atoms with Crippen LogP contribution in [-0.4, -0.2) is 22.8 Å². The van der Waals surface area contributed by atoms with Gasteiger partial charge in [-0.05, 0) is 12.8 Å². The van der Waals surface area contributed by atoms with E-state index in [0.29, 0.717) is 12.8 Å². The van der Waals surface area contributed by atoms with Crippen molar-refractivity contribution >= 4 is 5.97 Å². The summed E-state index contributed by atoms with van der Waals surface area (Å²) in [5.74, 6) is -0.755. The van der Waals surface area contributed by atoms with Crippen molar-refractivity contribution in [2.24, 2.45) is 0 Å². The van der Waals surface area contributed by atoms with E-state index in [-0.39, 0.29) is 13.0 Å². The fourth-order valence-corrected chi connectivity index (χ4v) is 1.22. The van der Waals surface area contributed by atoms with Gasteiger partial charge in [-0.15, -0.1) is 10.1 Å². The van der Waals surface area contributed by atoms with E-state index in [9.17, 15) is 14.9 Å². The average Bonchev–Trinajstić information content (AvgIpc) is 2.29. The number of rotatable bonds is 10. The zero-order valence-corrected chi connectivity index (χ0v) is 10.7. The lowest BCUT2D eigenvalue weighted by Crippen LogP contribution is -2.01. The molecular weight excluding hydrogens is 226 g/mol. The van der Waals surface area contributed by atoms with Crippen LogP contribution in [0.3, 0.4) is 0 Å². The minimum absolute atomic E-state index is 0.155. The Balaban J connectivity index is 0. The number of carbonyl (C=O) groups is 1. The smallest absolute Gasteiger partial charge is 0.303 e. The first kappa shape index (κ1) is 18.0.